The smallest absolute Gasteiger partial charge is 0.242 e. The molecule has 0 spiro atoms. The number of benzene rings is 2. The minimum atomic E-state index is -0.573. The number of ether oxygens (including phenoxy) is 1. The van der Waals surface area contributed by atoms with Crippen molar-refractivity contribution in [3.63, 3.8) is 0 Å². The van der Waals surface area contributed by atoms with Crippen LogP contribution in [-0.4, -0.2) is 36.4 Å². The molecule has 2 amide bonds. The SMILES string of the molecule is COc1ccc(CCNC(=O)[C@H](C)N(Cc2ccc(Cl)cc2)C(=O)C(C)C)cc1. The third-order valence-electron chi connectivity index (χ3n) is 4.76. The van der Waals surface area contributed by atoms with E-state index in [0.717, 1.165) is 16.9 Å². The molecule has 29 heavy (non-hydrogen) atoms. The Bertz CT molecular complexity index is 804. The van der Waals surface area contributed by atoms with Gasteiger partial charge >= 0.3 is 0 Å². The molecule has 1 atom stereocenters. The minimum Gasteiger partial charge on any atom is -0.497 e. The summed E-state index contributed by atoms with van der Waals surface area (Å²) in [5, 5.41) is 3.58. The Hall–Kier alpha value is -2.53. The van der Waals surface area contributed by atoms with Gasteiger partial charge in [0.1, 0.15) is 11.8 Å². The summed E-state index contributed by atoms with van der Waals surface area (Å²) in [6.45, 7) is 6.30. The highest BCUT2D eigenvalue weighted by atomic mass is 35.5. The van der Waals surface area contributed by atoms with Crippen molar-refractivity contribution in [1.29, 1.82) is 0 Å². The zero-order valence-electron chi connectivity index (χ0n) is 17.4. The van der Waals surface area contributed by atoms with Gasteiger partial charge in [0.2, 0.25) is 11.8 Å². The molecule has 0 aliphatic carbocycles. The molecule has 5 nitrogen and oxygen atoms in total. The lowest BCUT2D eigenvalue weighted by Crippen LogP contribution is -2.49. The van der Waals surface area contributed by atoms with Gasteiger partial charge in [0.15, 0.2) is 0 Å². The van der Waals surface area contributed by atoms with Crippen LogP contribution in [0.3, 0.4) is 0 Å². The van der Waals surface area contributed by atoms with Gasteiger partial charge < -0.3 is 15.0 Å². The first-order chi connectivity index (χ1) is 13.8. The lowest BCUT2D eigenvalue weighted by molar-refractivity contribution is -0.143. The molecule has 0 unspecified atom stereocenters. The summed E-state index contributed by atoms with van der Waals surface area (Å²) in [6, 6.07) is 14.5. The van der Waals surface area contributed by atoms with Crippen molar-refractivity contribution in [3.05, 3.63) is 64.7 Å². The first-order valence-corrected chi connectivity index (χ1v) is 10.1. The number of nitrogens with zero attached hydrogens (tertiary/aromatic N) is 1. The fraction of sp³-hybridized carbons (Fsp3) is 0.391. The summed E-state index contributed by atoms with van der Waals surface area (Å²) in [5.41, 5.74) is 2.04. The van der Waals surface area contributed by atoms with Crippen LogP contribution in [0.2, 0.25) is 5.02 Å². The number of methoxy groups -OCH3 is 1. The van der Waals surface area contributed by atoms with E-state index in [2.05, 4.69) is 5.32 Å². The van der Waals surface area contributed by atoms with Crippen molar-refractivity contribution in [2.24, 2.45) is 5.92 Å². The van der Waals surface area contributed by atoms with E-state index in [0.29, 0.717) is 24.5 Å². The zero-order valence-corrected chi connectivity index (χ0v) is 18.2. The number of carbonyl (C=O) groups is 2. The van der Waals surface area contributed by atoms with Crippen molar-refractivity contribution in [3.8, 4) is 5.75 Å². The van der Waals surface area contributed by atoms with E-state index in [1.807, 2.05) is 50.2 Å². The zero-order chi connectivity index (χ0) is 21.4. The quantitative estimate of drug-likeness (QED) is 0.670. The number of amides is 2. The molecule has 0 radical (unpaired) electrons. The Kier molecular flexibility index (Phi) is 8.52. The van der Waals surface area contributed by atoms with Gasteiger partial charge in [0.25, 0.3) is 0 Å². The molecule has 0 heterocycles. The summed E-state index contributed by atoms with van der Waals surface area (Å²) in [7, 11) is 1.63. The van der Waals surface area contributed by atoms with Gasteiger partial charge in [-0.05, 0) is 48.7 Å². The molecule has 6 heteroatoms. The molecular weight excluding hydrogens is 388 g/mol. The lowest BCUT2D eigenvalue weighted by Gasteiger charge is -2.30. The molecule has 0 aromatic heterocycles. The van der Waals surface area contributed by atoms with E-state index in [4.69, 9.17) is 16.3 Å². The van der Waals surface area contributed by atoms with Gasteiger partial charge in [0, 0.05) is 24.0 Å². The van der Waals surface area contributed by atoms with Crippen molar-refractivity contribution < 1.29 is 14.3 Å². The van der Waals surface area contributed by atoms with Crippen LogP contribution in [0, 0.1) is 5.92 Å². The van der Waals surface area contributed by atoms with Gasteiger partial charge in [-0.3, -0.25) is 9.59 Å². The van der Waals surface area contributed by atoms with Crippen LogP contribution in [0.5, 0.6) is 5.75 Å². The number of nitrogens with one attached hydrogen (secondary N) is 1. The summed E-state index contributed by atoms with van der Waals surface area (Å²) < 4.78 is 5.15. The van der Waals surface area contributed by atoms with Crippen LogP contribution < -0.4 is 10.1 Å². The average Bonchev–Trinajstić information content (AvgIpc) is 2.72. The third kappa shape index (κ3) is 6.79. The number of halogens is 1. The Morgan fingerprint density at radius 2 is 1.59 bits per heavy atom. The predicted molar refractivity (Wildman–Crippen MR) is 116 cm³/mol. The second-order valence-corrected chi connectivity index (χ2v) is 7.75. The molecule has 0 fully saturated rings. The minimum absolute atomic E-state index is 0.0576. The summed E-state index contributed by atoms with van der Waals surface area (Å²) in [5.74, 6) is 0.382. The first kappa shape index (κ1) is 22.8. The Morgan fingerprint density at radius 1 is 1.00 bits per heavy atom. The van der Waals surface area contributed by atoms with Gasteiger partial charge in [-0.15, -0.1) is 0 Å². The van der Waals surface area contributed by atoms with Crippen molar-refractivity contribution >= 4 is 23.4 Å². The Labute approximate surface area is 178 Å². The molecule has 0 saturated heterocycles. The lowest BCUT2D eigenvalue weighted by atomic mass is 10.1. The predicted octanol–water partition coefficient (Wildman–Crippen LogP) is 4.08. The first-order valence-electron chi connectivity index (χ1n) is 9.77. The average molecular weight is 417 g/mol. The molecule has 2 aromatic rings. The molecule has 1 N–H and O–H groups in total. The third-order valence-corrected chi connectivity index (χ3v) is 5.01. The summed E-state index contributed by atoms with van der Waals surface area (Å²) in [4.78, 5) is 27.0. The van der Waals surface area contributed by atoms with E-state index >= 15 is 0 Å². The molecule has 2 aromatic carbocycles. The number of carbonyl (C=O) groups excluding carboxylic acids is 2. The molecule has 156 valence electrons. The van der Waals surface area contributed by atoms with E-state index < -0.39 is 6.04 Å². The highest BCUT2D eigenvalue weighted by Gasteiger charge is 2.27. The van der Waals surface area contributed by atoms with Crippen molar-refractivity contribution in [1.82, 2.24) is 10.2 Å². The van der Waals surface area contributed by atoms with E-state index in [-0.39, 0.29) is 17.7 Å². The maximum absolute atomic E-state index is 12.7. The van der Waals surface area contributed by atoms with Gasteiger partial charge in [0.05, 0.1) is 7.11 Å². The molecule has 0 bridgehead atoms. The van der Waals surface area contributed by atoms with Gasteiger partial charge in [-0.25, -0.2) is 0 Å². The van der Waals surface area contributed by atoms with Crippen LogP contribution in [-0.2, 0) is 22.6 Å². The van der Waals surface area contributed by atoms with Crippen LogP contribution >= 0.6 is 11.6 Å². The van der Waals surface area contributed by atoms with Gasteiger partial charge in [-0.2, -0.15) is 0 Å². The van der Waals surface area contributed by atoms with Gasteiger partial charge in [-0.1, -0.05) is 49.7 Å². The maximum Gasteiger partial charge on any atom is 0.242 e. The standard InChI is InChI=1S/C23H29ClN2O3/c1-16(2)23(28)26(15-19-5-9-20(24)10-6-19)17(3)22(27)25-14-13-18-7-11-21(29-4)12-8-18/h5-12,16-17H,13-15H2,1-4H3,(H,25,27)/t17-/m0/s1. The number of rotatable bonds is 9. The van der Waals surface area contributed by atoms with Crippen LogP contribution in [0.4, 0.5) is 0 Å². The van der Waals surface area contributed by atoms with Crippen molar-refractivity contribution in [2.75, 3.05) is 13.7 Å². The highest BCUT2D eigenvalue weighted by molar-refractivity contribution is 6.30. The maximum atomic E-state index is 12.7. The molecule has 0 aliphatic heterocycles. The molecule has 2 rings (SSSR count). The Morgan fingerprint density at radius 3 is 2.14 bits per heavy atom. The van der Waals surface area contributed by atoms with E-state index in [9.17, 15) is 9.59 Å². The molecule has 0 saturated carbocycles. The van der Waals surface area contributed by atoms with E-state index in [1.165, 1.54) is 0 Å². The van der Waals surface area contributed by atoms with Crippen LogP contribution in [0.25, 0.3) is 0 Å². The summed E-state index contributed by atoms with van der Waals surface area (Å²) in [6.07, 6.45) is 0.706. The number of hydrogen-bond donors (Lipinski definition) is 1. The monoisotopic (exact) mass is 416 g/mol. The molecule has 0 aliphatic rings. The normalized spacial score (nSPS) is 11.8. The second-order valence-electron chi connectivity index (χ2n) is 7.31. The van der Waals surface area contributed by atoms with E-state index in [1.54, 1.807) is 31.1 Å². The van der Waals surface area contributed by atoms with Crippen LogP contribution in [0.15, 0.2) is 48.5 Å². The van der Waals surface area contributed by atoms with Crippen LogP contribution in [0.1, 0.15) is 31.9 Å². The number of hydrogen-bond acceptors (Lipinski definition) is 3. The fourth-order valence-corrected chi connectivity index (χ4v) is 3.06. The topological polar surface area (TPSA) is 58.6 Å². The summed E-state index contributed by atoms with van der Waals surface area (Å²) >= 11 is 5.95. The second kappa shape index (κ2) is 10.9. The highest BCUT2D eigenvalue weighted by Crippen LogP contribution is 2.16. The van der Waals surface area contributed by atoms with Crippen molar-refractivity contribution in [2.45, 2.75) is 39.8 Å². The largest absolute Gasteiger partial charge is 0.497 e. The fourth-order valence-electron chi connectivity index (χ4n) is 2.94. The Balaban J connectivity index is 1.98. The molecular formula is C23H29ClN2O3.